The van der Waals surface area contributed by atoms with E-state index in [1.54, 1.807) is 0 Å². The summed E-state index contributed by atoms with van der Waals surface area (Å²) in [4.78, 5) is 2.47. The third-order valence-corrected chi connectivity index (χ3v) is 4.83. The maximum atomic E-state index is 6.17. The Morgan fingerprint density at radius 2 is 1.73 bits per heavy atom. The van der Waals surface area contributed by atoms with Crippen molar-refractivity contribution in [2.45, 2.75) is 26.5 Å². The van der Waals surface area contributed by atoms with Crippen molar-refractivity contribution in [2.24, 2.45) is 0 Å². The molecule has 30 heavy (non-hydrogen) atoms. The lowest BCUT2D eigenvalue weighted by Crippen LogP contribution is -2.37. The maximum absolute atomic E-state index is 6.17. The largest absolute Gasteiger partial charge is 0.490 e. The van der Waals surface area contributed by atoms with Crippen LogP contribution in [0.1, 0.15) is 24.5 Å². The molecule has 2 aromatic carbocycles. The van der Waals surface area contributed by atoms with Crippen LogP contribution in [0.15, 0.2) is 48.5 Å². The molecule has 3 rings (SSSR count). The number of ether oxygens (including phenoxy) is 3. The molecule has 168 valence electrons. The summed E-state index contributed by atoms with van der Waals surface area (Å²) in [6.07, 6.45) is 1.13. The molecule has 1 aliphatic rings. The van der Waals surface area contributed by atoms with E-state index in [1.807, 2.05) is 37.3 Å². The van der Waals surface area contributed by atoms with Gasteiger partial charge in [-0.2, -0.15) is 0 Å². The number of halogens is 2. The van der Waals surface area contributed by atoms with E-state index in [0.29, 0.717) is 13.2 Å². The molecule has 1 fully saturated rings. The molecule has 0 aromatic heterocycles. The highest BCUT2D eigenvalue weighted by Gasteiger charge is 2.12. The van der Waals surface area contributed by atoms with Crippen LogP contribution >= 0.6 is 24.8 Å². The van der Waals surface area contributed by atoms with Crippen LogP contribution in [0.3, 0.4) is 0 Å². The van der Waals surface area contributed by atoms with Gasteiger partial charge in [0.15, 0.2) is 11.5 Å². The highest BCUT2D eigenvalue weighted by molar-refractivity contribution is 5.85. The van der Waals surface area contributed by atoms with Crippen LogP contribution in [0, 0.1) is 0 Å². The molecule has 0 bridgehead atoms. The van der Waals surface area contributed by atoms with Gasteiger partial charge in [-0.1, -0.05) is 42.5 Å². The van der Waals surface area contributed by atoms with Crippen molar-refractivity contribution in [2.75, 3.05) is 46.0 Å². The smallest absolute Gasteiger partial charge is 0.166 e. The van der Waals surface area contributed by atoms with Crippen LogP contribution in [0.4, 0.5) is 0 Å². The summed E-state index contributed by atoms with van der Waals surface area (Å²) in [5.74, 6) is 1.65. The second-order valence-electron chi connectivity index (χ2n) is 6.94. The van der Waals surface area contributed by atoms with Crippen molar-refractivity contribution < 1.29 is 14.2 Å². The number of nitrogens with zero attached hydrogens (tertiary/aromatic N) is 1. The minimum Gasteiger partial charge on any atom is -0.490 e. The summed E-state index contributed by atoms with van der Waals surface area (Å²) in [5, 5.41) is 3.56. The quantitative estimate of drug-likeness (QED) is 0.509. The molecule has 2 aromatic rings. The Labute approximate surface area is 192 Å². The van der Waals surface area contributed by atoms with Gasteiger partial charge in [-0.3, -0.25) is 4.90 Å². The van der Waals surface area contributed by atoms with Crippen LogP contribution in [0.2, 0.25) is 0 Å². The van der Waals surface area contributed by atoms with E-state index in [9.17, 15) is 0 Å². The molecule has 7 heteroatoms. The standard InChI is InChI=1S/C23H32N2O3.2ClH/c1-2-27-22-11-6-10-21(23(22)28-19-20-8-4-3-5-9-20)18-24-12-7-13-25-14-16-26-17-15-25;;/h3-6,8-11,24H,2,7,12-19H2,1H3;2*1H. The first kappa shape index (κ1) is 26.5. The number of nitrogens with one attached hydrogen (secondary N) is 1. The zero-order valence-electron chi connectivity index (χ0n) is 17.7. The molecule has 0 radical (unpaired) electrons. The van der Waals surface area contributed by atoms with E-state index in [0.717, 1.165) is 75.0 Å². The van der Waals surface area contributed by atoms with Gasteiger partial charge in [0.25, 0.3) is 0 Å². The number of hydrogen-bond acceptors (Lipinski definition) is 5. The van der Waals surface area contributed by atoms with Gasteiger partial charge in [0, 0.05) is 25.2 Å². The topological polar surface area (TPSA) is 43.0 Å². The fourth-order valence-corrected chi connectivity index (χ4v) is 3.34. The van der Waals surface area contributed by atoms with Gasteiger partial charge in [0.1, 0.15) is 6.61 Å². The van der Waals surface area contributed by atoms with Crippen LogP contribution in [-0.4, -0.2) is 50.9 Å². The molecule has 0 aliphatic carbocycles. The summed E-state index contributed by atoms with van der Waals surface area (Å²) in [6.45, 7) is 9.85. The third-order valence-electron chi connectivity index (χ3n) is 4.83. The van der Waals surface area contributed by atoms with Crippen LogP contribution in [0.25, 0.3) is 0 Å². The van der Waals surface area contributed by atoms with Crippen molar-refractivity contribution in [3.05, 3.63) is 59.7 Å². The van der Waals surface area contributed by atoms with Gasteiger partial charge >= 0.3 is 0 Å². The molecule has 0 atom stereocenters. The third kappa shape index (κ3) is 8.70. The highest BCUT2D eigenvalue weighted by atomic mass is 35.5. The summed E-state index contributed by atoms with van der Waals surface area (Å²) in [5.41, 5.74) is 2.28. The molecule has 1 heterocycles. The van der Waals surface area contributed by atoms with E-state index in [-0.39, 0.29) is 24.8 Å². The summed E-state index contributed by atoms with van der Waals surface area (Å²) in [6, 6.07) is 16.4. The monoisotopic (exact) mass is 456 g/mol. The maximum Gasteiger partial charge on any atom is 0.166 e. The van der Waals surface area contributed by atoms with Crippen molar-refractivity contribution in [3.63, 3.8) is 0 Å². The van der Waals surface area contributed by atoms with Gasteiger partial charge < -0.3 is 19.5 Å². The Balaban J connectivity index is 0.00000225. The average molecular weight is 457 g/mol. The molecule has 0 saturated carbocycles. The Morgan fingerprint density at radius 1 is 0.967 bits per heavy atom. The van der Waals surface area contributed by atoms with Gasteiger partial charge in [0.2, 0.25) is 0 Å². The van der Waals surface area contributed by atoms with E-state index in [4.69, 9.17) is 14.2 Å². The molecule has 0 spiro atoms. The molecular formula is C23H34Cl2N2O3. The Morgan fingerprint density at radius 3 is 2.47 bits per heavy atom. The summed E-state index contributed by atoms with van der Waals surface area (Å²) < 4.78 is 17.4. The van der Waals surface area contributed by atoms with E-state index in [2.05, 4.69) is 28.4 Å². The predicted molar refractivity (Wildman–Crippen MR) is 126 cm³/mol. The van der Waals surface area contributed by atoms with Gasteiger partial charge in [-0.05, 0) is 38.1 Å². The van der Waals surface area contributed by atoms with Gasteiger partial charge in [-0.25, -0.2) is 0 Å². The number of hydrogen-bond donors (Lipinski definition) is 1. The number of benzene rings is 2. The van der Waals surface area contributed by atoms with Crippen molar-refractivity contribution in [1.29, 1.82) is 0 Å². The molecular weight excluding hydrogens is 423 g/mol. The first-order chi connectivity index (χ1) is 13.9. The molecule has 0 unspecified atom stereocenters. The van der Waals surface area contributed by atoms with Crippen LogP contribution in [-0.2, 0) is 17.9 Å². The number of para-hydroxylation sites is 1. The lowest BCUT2D eigenvalue weighted by Gasteiger charge is -2.26. The number of rotatable bonds is 11. The Kier molecular flexibility index (Phi) is 13.6. The predicted octanol–water partition coefficient (Wildman–Crippen LogP) is 4.32. The van der Waals surface area contributed by atoms with Crippen LogP contribution < -0.4 is 14.8 Å². The molecule has 1 N–H and O–H groups in total. The van der Waals surface area contributed by atoms with E-state index in [1.165, 1.54) is 0 Å². The highest BCUT2D eigenvalue weighted by Crippen LogP contribution is 2.32. The minimum atomic E-state index is 0. The first-order valence-electron chi connectivity index (χ1n) is 10.3. The molecule has 1 aliphatic heterocycles. The Bertz CT molecular complexity index is 698. The summed E-state index contributed by atoms with van der Waals surface area (Å²) >= 11 is 0. The van der Waals surface area contributed by atoms with Gasteiger partial charge in [0.05, 0.1) is 19.8 Å². The van der Waals surface area contributed by atoms with Crippen molar-refractivity contribution in [3.8, 4) is 11.5 Å². The van der Waals surface area contributed by atoms with Crippen molar-refractivity contribution in [1.82, 2.24) is 10.2 Å². The van der Waals surface area contributed by atoms with E-state index < -0.39 is 0 Å². The Hall–Kier alpha value is -1.50. The lowest BCUT2D eigenvalue weighted by molar-refractivity contribution is 0.0374. The number of morpholine rings is 1. The molecule has 0 amide bonds. The van der Waals surface area contributed by atoms with Crippen LogP contribution in [0.5, 0.6) is 11.5 Å². The lowest BCUT2D eigenvalue weighted by atomic mass is 10.1. The normalized spacial score (nSPS) is 13.8. The van der Waals surface area contributed by atoms with Gasteiger partial charge in [-0.15, -0.1) is 24.8 Å². The second-order valence-corrected chi connectivity index (χ2v) is 6.94. The summed E-state index contributed by atoms with van der Waals surface area (Å²) in [7, 11) is 0. The first-order valence-corrected chi connectivity index (χ1v) is 10.3. The molecule has 5 nitrogen and oxygen atoms in total. The fraction of sp³-hybridized carbons (Fsp3) is 0.478. The second kappa shape index (κ2) is 15.3. The van der Waals surface area contributed by atoms with Crippen molar-refractivity contribution >= 4 is 24.8 Å². The molecule has 1 saturated heterocycles. The SMILES string of the molecule is CCOc1cccc(CNCCCN2CCOCC2)c1OCc1ccccc1.Cl.Cl. The van der Waals surface area contributed by atoms with E-state index >= 15 is 0 Å². The minimum absolute atomic E-state index is 0. The average Bonchev–Trinajstić information content (AvgIpc) is 2.74. The zero-order chi connectivity index (χ0) is 19.4. The fourth-order valence-electron chi connectivity index (χ4n) is 3.34. The zero-order valence-corrected chi connectivity index (χ0v) is 19.3.